The van der Waals surface area contributed by atoms with Crippen molar-refractivity contribution in [2.24, 2.45) is 0 Å². The van der Waals surface area contributed by atoms with Gasteiger partial charge in [0.25, 0.3) is 0 Å². The topological polar surface area (TPSA) is 262 Å². The predicted molar refractivity (Wildman–Crippen MR) is 220 cm³/mol. The molecule has 0 aromatic heterocycles. The summed E-state index contributed by atoms with van der Waals surface area (Å²) in [6.45, 7) is 3.34. The molecule has 0 aliphatic carbocycles. The van der Waals surface area contributed by atoms with Gasteiger partial charge in [0.2, 0.25) is 17.7 Å². The number of carbonyl (C=O) groups is 6. The van der Waals surface area contributed by atoms with Gasteiger partial charge in [0.15, 0.2) is 0 Å². The summed E-state index contributed by atoms with van der Waals surface area (Å²) in [5.41, 5.74) is 3.07. The van der Waals surface area contributed by atoms with Gasteiger partial charge < -0.3 is 60.3 Å². The van der Waals surface area contributed by atoms with Crippen LogP contribution >= 0.6 is 11.8 Å². The highest BCUT2D eigenvalue weighted by atomic mass is 32.2. The molecule has 2 fully saturated rings. The summed E-state index contributed by atoms with van der Waals surface area (Å²) in [5.74, 6) is 0.420. The second-order valence-electron chi connectivity index (χ2n) is 13.9. The lowest BCUT2D eigenvalue weighted by Crippen LogP contribution is -2.36. The molecule has 3 atom stereocenters. The fraction of sp³-hybridized carbons (Fsp3) is 0.692. The smallest absolute Gasteiger partial charge is 0.407 e. The number of benzene rings is 1. The van der Waals surface area contributed by atoms with Crippen molar-refractivity contribution < 1.29 is 62.4 Å². The summed E-state index contributed by atoms with van der Waals surface area (Å²) in [5, 5.41) is 25.7. The van der Waals surface area contributed by atoms with Gasteiger partial charge in [-0.05, 0) is 43.4 Å². The third-order valence-electron chi connectivity index (χ3n) is 9.19. The van der Waals surface area contributed by atoms with E-state index in [9.17, 15) is 28.8 Å². The number of carbonyl (C=O) groups excluding carboxylic acids is 6. The van der Waals surface area contributed by atoms with Gasteiger partial charge >= 0.3 is 18.2 Å². The van der Waals surface area contributed by atoms with Crippen LogP contribution in [-0.4, -0.2) is 143 Å². The second-order valence-corrected chi connectivity index (χ2v) is 15.2. The number of ether oxygens (including phenoxy) is 6. The van der Waals surface area contributed by atoms with Gasteiger partial charge in [0.05, 0.1) is 64.9 Å². The number of rotatable bonds is 33. The largest absolute Gasteiger partial charge is 0.447 e. The molecular weight excluding hydrogens is 807 g/mol. The minimum absolute atomic E-state index is 0.00129. The number of unbranched alkanes of at least 4 members (excludes halogenated alkanes) is 4. The van der Waals surface area contributed by atoms with E-state index in [1.54, 1.807) is 29.7 Å². The normalized spacial score (nSPS) is 16.6. The first-order valence-corrected chi connectivity index (χ1v) is 21.7. The standard InChI is InChI=1S/C39H63N7O13S/c47-33(8-6-5-7-32-36-31(28-60-32)44-37(50)45-36)40-15-17-54-19-20-55-18-16-41-38(51)58-25-23-56-21-22-57-24-26-59-39(52)42-27-29-11-13-30(14-12-29)43-34(48)9-3-1-2-4-10-35(49)46-53/h11-14,31-32,36,53H,1-10,15-28H2,(H,40,47)(H,41,51)(H,42,52)(H,43,48)(H,46,49)(H2,44,45,50). The molecule has 2 aliphatic heterocycles. The molecular formula is C39H63N7O13S. The summed E-state index contributed by atoms with van der Waals surface area (Å²) in [7, 11) is 0. The highest BCUT2D eigenvalue weighted by Gasteiger charge is 2.42. The van der Waals surface area contributed by atoms with Crippen LogP contribution in [0.3, 0.4) is 0 Å². The number of amides is 7. The number of anilines is 1. The van der Waals surface area contributed by atoms with Crippen LogP contribution in [0.1, 0.15) is 69.8 Å². The molecule has 3 unspecified atom stereocenters. The van der Waals surface area contributed by atoms with Crippen LogP contribution in [0.2, 0.25) is 0 Å². The average Bonchev–Trinajstić information content (AvgIpc) is 3.80. The predicted octanol–water partition coefficient (Wildman–Crippen LogP) is 2.33. The molecule has 3 rings (SSSR count). The molecule has 0 radical (unpaired) electrons. The quantitative estimate of drug-likeness (QED) is 0.0218. The lowest BCUT2D eigenvalue weighted by molar-refractivity contribution is -0.129. The van der Waals surface area contributed by atoms with Crippen molar-refractivity contribution in [2.45, 2.75) is 88.1 Å². The fourth-order valence-electron chi connectivity index (χ4n) is 6.07. The number of urea groups is 1. The zero-order chi connectivity index (χ0) is 43.0. The van der Waals surface area contributed by atoms with Gasteiger partial charge in [-0.2, -0.15) is 11.8 Å². The monoisotopic (exact) mass is 869 g/mol. The molecule has 0 saturated carbocycles. The van der Waals surface area contributed by atoms with E-state index >= 15 is 0 Å². The minimum atomic E-state index is -0.592. The first-order chi connectivity index (χ1) is 29.2. The SMILES string of the molecule is O=C(CCCCCCC(=O)Nc1ccc(CNC(=O)OCCOCCOCCOC(=O)NCCOCCOCCNC(=O)CCCCC2SCC3NC(=O)NC32)cc1)NO. The lowest BCUT2D eigenvalue weighted by atomic mass is 10.0. The molecule has 1 aromatic carbocycles. The summed E-state index contributed by atoms with van der Waals surface area (Å²) >= 11 is 1.88. The van der Waals surface area contributed by atoms with E-state index in [1.165, 1.54) is 0 Å². The molecule has 2 heterocycles. The van der Waals surface area contributed by atoms with Gasteiger partial charge in [0, 0.05) is 55.6 Å². The van der Waals surface area contributed by atoms with Crippen LogP contribution in [0.25, 0.3) is 0 Å². The van der Waals surface area contributed by atoms with E-state index in [0.29, 0.717) is 63.0 Å². The Bertz CT molecular complexity index is 1430. The summed E-state index contributed by atoms with van der Waals surface area (Å²) < 4.78 is 31.8. The van der Waals surface area contributed by atoms with Crippen molar-refractivity contribution in [2.75, 3.05) is 90.2 Å². The minimum Gasteiger partial charge on any atom is -0.447 e. The molecule has 20 nitrogen and oxygen atoms in total. The summed E-state index contributed by atoms with van der Waals surface area (Å²) in [6, 6.07) is 7.42. The Labute approximate surface area is 355 Å². The van der Waals surface area contributed by atoms with Gasteiger partial charge in [-0.25, -0.2) is 19.9 Å². The van der Waals surface area contributed by atoms with E-state index in [4.69, 9.17) is 33.6 Å². The zero-order valence-electron chi connectivity index (χ0n) is 34.3. The summed E-state index contributed by atoms with van der Waals surface area (Å²) in [6.07, 6.45) is 5.60. The van der Waals surface area contributed by atoms with Crippen LogP contribution in [0.5, 0.6) is 0 Å². The van der Waals surface area contributed by atoms with E-state index in [0.717, 1.165) is 43.4 Å². The molecule has 2 aliphatic rings. The first-order valence-electron chi connectivity index (χ1n) is 20.6. The molecule has 7 amide bonds. The maximum atomic E-state index is 12.1. The number of hydrogen-bond donors (Lipinski definition) is 8. The van der Waals surface area contributed by atoms with Gasteiger partial charge in [-0.15, -0.1) is 0 Å². The molecule has 21 heteroatoms. The Balaban J connectivity index is 1.00. The fourth-order valence-corrected chi connectivity index (χ4v) is 7.61. The van der Waals surface area contributed by atoms with Crippen LogP contribution < -0.4 is 37.4 Å². The Morgan fingerprint density at radius 3 is 1.83 bits per heavy atom. The second kappa shape index (κ2) is 31.5. The van der Waals surface area contributed by atoms with Gasteiger partial charge in [-0.3, -0.25) is 19.6 Å². The Hall–Kier alpha value is -4.41. The molecule has 0 bridgehead atoms. The molecule has 0 spiro atoms. The Kier molecular flexibility index (Phi) is 26.2. The van der Waals surface area contributed by atoms with E-state index in [1.807, 2.05) is 11.8 Å². The van der Waals surface area contributed by atoms with Crippen LogP contribution in [0.4, 0.5) is 20.1 Å². The molecule has 338 valence electrons. The van der Waals surface area contributed by atoms with E-state index in [2.05, 4.69) is 31.9 Å². The van der Waals surface area contributed by atoms with Crippen molar-refractivity contribution >= 4 is 53.4 Å². The van der Waals surface area contributed by atoms with Crippen LogP contribution in [0, 0.1) is 0 Å². The first kappa shape index (κ1) is 49.9. The third kappa shape index (κ3) is 23.4. The van der Waals surface area contributed by atoms with E-state index < -0.39 is 18.1 Å². The highest BCUT2D eigenvalue weighted by molar-refractivity contribution is 8.00. The molecule has 2 saturated heterocycles. The van der Waals surface area contributed by atoms with E-state index in [-0.39, 0.29) is 95.7 Å². The van der Waals surface area contributed by atoms with Crippen LogP contribution in [0.15, 0.2) is 24.3 Å². The molecule has 1 aromatic rings. The van der Waals surface area contributed by atoms with Crippen molar-refractivity contribution in [3.8, 4) is 0 Å². The van der Waals surface area contributed by atoms with Crippen molar-refractivity contribution in [3.05, 3.63) is 29.8 Å². The number of hydroxylamine groups is 1. The maximum Gasteiger partial charge on any atom is 0.407 e. The van der Waals surface area contributed by atoms with Gasteiger partial charge in [0.1, 0.15) is 13.2 Å². The zero-order valence-corrected chi connectivity index (χ0v) is 35.1. The van der Waals surface area contributed by atoms with Crippen molar-refractivity contribution in [3.63, 3.8) is 0 Å². The number of alkyl carbamates (subject to hydrolysis) is 2. The maximum absolute atomic E-state index is 12.1. The Morgan fingerprint density at radius 2 is 1.18 bits per heavy atom. The van der Waals surface area contributed by atoms with Crippen molar-refractivity contribution in [1.82, 2.24) is 32.1 Å². The highest BCUT2D eigenvalue weighted by Crippen LogP contribution is 2.33. The third-order valence-corrected chi connectivity index (χ3v) is 10.7. The lowest BCUT2D eigenvalue weighted by Gasteiger charge is -2.16. The number of thioether (sulfide) groups is 1. The van der Waals surface area contributed by atoms with Gasteiger partial charge in [-0.1, -0.05) is 31.4 Å². The summed E-state index contributed by atoms with van der Waals surface area (Å²) in [4.78, 5) is 70.4. The van der Waals surface area contributed by atoms with Crippen LogP contribution in [-0.2, 0) is 49.3 Å². The number of fused-ring (bicyclic) bond motifs is 1. The number of nitrogens with one attached hydrogen (secondary N) is 7. The molecule has 60 heavy (non-hydrogen) atoms. The number of hydrogen-bond acceptors (Lipinski definition) is 14. The Morgan fingerprint density at radius 1 is 0.633 bits per heavy atom. The molecule has 8 N–H and O–H groups in total. The van der Waals surface area contributed by atoms with Crippen molar-refractivity contribution in [1.29, 1.82) is 0 Å². The average molecular weight is 870 g/mol.